The molecule has 1 fully saturated rings. The van der Waals surface area contributed by atoms with E-state index in [0.717, 1.165) is 16.0 Å². The van der Waals surface area contributed by atoms with Crippen LogP contribution in [0.3, 0.4) is 0 Å². The van der Waals surface area contributed by atoms with Crippen molar-refractivity contribution in [1.82, 2.24) is 5.32 Å². The molecule has 0 spiro atoms. The summed E-state index contributed by atoms with van der Waals surface area (Å²) < 4.78 is 1.05. The Labute approximate surface area is 104 Å². The van der Waals surface area contributed by atoms with Crippen molar-refractivity contribution in [3.05, 3.63) is 33.3 Å². The minimum atomic E-state index is 0.648. The van der Waals surface area contributed by atoms with E-state index in [0.29, 0.717) is 12.0 Å². The summed E-state index contributed by atoms with van der Waals surface area (Å²) in [5.41, 5.74) is 1.30. The molecule has 82 valence electrons. The molecule has 0 atom stereocenters. The fraction of sp³-hybridized carbons (Fsp3) is 0.500. The molecule has 0 unspecified atom stereocenters. The van der Waals surface area contributed by atoms with E-state index >= 15 is 0 Å². The van der Waals surface area contributed by atoms with Crippen LogP contribution in [0.1, 0.15) is 31.2 Å². The normalized spacial score (nSPS) is 25.0. The zero-order valence-electron chi connectivity index (χ0n) is 8.76. The molecule has 0 radical (unpaired) electrons. The Bertz CT molecular complexity index is 347. The monoisotopic (exact) mass is 287 g/mol. The van der Waals surface area contributed by atoms with Gasteiger partial charge < -0.3 is 5.32 Å². The summed E-state index contributed by atoms with van der Waals surface area (Å²) in [6.07, 6.45) is 2.43. The van der Waals surface area contributed by atoms with Gasteiger partial charge in [0.2, 0.25) is 0 Å². The molecule has 1 N–H and O–H groups in total. The van der Waals surface area contributed by atoms with Crippen LogP contribution in [0.15, 0.2) is 22.7 Å². The molecule has 1 aromatic rings. The Balaban J connectivity index is 2.01. The molecule has 0 amide bonds. The summed E-state index contributed by atoms with van der Waals surface area (Å²) in [5.74, 6) is 0.648. The van der Waals surface area contributed by atoms with E-state index < -0.39 is 0 Å². The number of benzene rings is 1. The lowest BCUT2D eigenvalue weighted by molar-refractivity contribution is 0.296. The highest BCUT2D eigenvalue weighted by Gasteiger charge is 2.30. The Morgan fingerprint density at radius 3 is 2.80 bits per heavy atom. The van der Waals surface area contributed by atoms with E-state index in [2.05, 4.69) is 40.3 Å². The molecular weight excluding hydrogens is 273 g/mol. The van der Waals surface area contributed by atoms with E-state index in [4.69, 9.17) is 11.6 Å². The van der Waals surface area contributed by atoms with Crippen LogP contribution in [0.4, 0.5) is 0 Å². The molecule has 2 rings (SSSR count). The van der Waals surface area contributed by atoms with Crippen LogP contribution in [0.5, 0.6) is 0 Å². The van der Waals surface area contributed by atoms with Crippen molar-refractivity contribution in [3.8, 4) is 0 Å². The lowest BCUT2D eigenvalue weighted by Gasteiger charge is -2.36. The third kappa shape index (κ3) is 2.55. The second kappa shape index (κ2) is 4.86. The van der Waals surface area contributed by atoms with Crippen molar-refractivity contribution in [1.29, 1.82) is 0 Å². The van der Waals surface area contributed by atoms with Gasteiger partial charge in [-0.2, -0.15) is 0 Å². The van der Waals surface area contributed by atoms with Crippen LogP contribution in [0.25, 0.3) is 0 Å². The molecule has 1 aromatic carbocycles. The van der Waals surface area contributed by atoms with Crippen molar-refractivity contribution in [2.75, 3.05) is 6.54 Å². The van der Waals surface area contributed by atoms with Crippen molar-refractivity contribution >= 4 is 27.5 Å². The molecular formula is C12H15BrClN. The first-order chi connectivity index (χ1) is 7.20. The lowest BCUT2D eigenvalue weighted by Crippen LogP contribution is -2.39. The maximum absolute atomic E-state index is 6.21. The van der Waals surface area contributed by atoms with Crippen LogP contribution in [-0.4, -0.2) is 12.6 Å². The predicted molar refractivity (Wildman–Crippen MR) is 68.6 cm³/mol. The zero-order chi connectivity index (χ0) is 10.8. The Kier molecular flexibility index (Phi) is 3.70. The average Bonchev–Trinajstić information content (AvgIpc) is 2.12. The summed E-state index contributed by atoms with van der Waals surface area (Å²) in [4.78, 5) is 0. The first-order valence-electron chi connectivity index (χ1n) is 5.39. The van der Waals surface area contributed by atoms with Gasteiger partial charge in [0, 0.05) is 15.5 Å². The first kappa shape index (κ1) is 11.4. The number of rotatable bonds is 3. The number of hydrogen-bond donors (Lipinski definition) is 1. The minimum Gasteiger partial charge on any atom is -0.314 e. The Hall–Kier alpha value is -0.0500. The molecule has 3 heteroatoms. The third-order valence-electron chi connectivity index (χ3n) is 3.03. The van der Waals surface area contributed by atoms with Gasteiger partial charge in [-0.05, 0) is 43.0 Å². The van der Waals surface area contributed by atoms with E-state index in [-0.39, 0.29) is 0 Å². The fourth-order valence-electron chi connectivity index (χ4n) is 2.16. The summed E-state index contributed by atoms with van der Waals surface area (Å²) in [6, 6.07) is 6.89. The molecule has 15 heavy (non-hydrogen) atoms. The quantitative estimate of drug-likeness (QED) is 0.888. The SMILES string of the molecule is CCNC1CC(c2ccc(Br)cc2Cl)C1. The second-order valence-electron chi connectivity index (χ2n) is 4.09. The maximum atomic E-state index is 6.21. The lowest BCUT2D eigenvalue weighted by atomic mass is 9.76. The topological polar surface area (TPSA) is 12.0 Å². The fourth-order valence-corrected chi connectivity index (χ4v) is 2.99. The number of nitrogens with one attached hydrogen (secondary N) is 1. The van der Waals surface area contributed by atoms with Gasteiger partial charge in [0.15, 0.2) is 0 Å². The van der Waals surface area contributed by atoms with Gasteiger partial charge in [-0.1, -0.05) is 40.5 Å². The van der Waals surface area contributed by atoms with Crippen LogP contribution in [-0.2, 0) is 0 Å². The van der Waals surface area contributed by atoms with Gasteiger partial charge >= 0.3 is 0 Å². The standard InChI is InChI=1S/C12H15BrClN/c1-2-15-10-5-8(6-10)11-4-3-9(13)7-12(11)14/h3-4,7-8,10,15H,2,5-6H2,1H3. The first-order valence-corrected chi connectivity index (χ1v) is 6.56. The molecule has 0 aromatic heterocycles. The molecule has 0 aliphatic heterocycles. The van der Waals surface area contributed by atoms with E-state index in [1.807, 2.05) is 6.07 Å². The smallest absolute Gasteiger partial charge is 0.0452 e. The summed E-state index contributed by atoms with van der Waals surface area (Å²) in [5, 5.41) is 4.35. The van der Waals surface area contributed by atoms with Crippen LogP contribution in [0, 0.1) is 0 Å². The largest absolute Gasteiger partial charge is 0.314 e. The van der Waals surface area contributed by atoms with Gasteiger partial charge in [-0.3, -0.25) is 0 Å². The van der Waals surface area contributed by atoms with Crippen molar-refractivity contribution < 1.29 is 0 Å². The highest BCUT2D eigenvalue weighted by atomic mass is 79.9. The highest BCUT2D eigenvalue weighted by molar-refractivity contribution is 9.10. The van der Waals surface area contributed by atoms with E-state index in [1.54, 1.807) is 0 Å². The molecule has 0 saturated heterocycles. The molecule has 1 saturated carbocycles. The Morgan fingerprint density at radius 1 is 1.47 bits per heavy atom. The van der Waals surface area contributed by atoms with Gasteiger partial charge in [-0.25, -0.2) is 0 Å². The van der Waals surface area contributed by atoms with Gasteiger partial charge in [0.25, 0.3) is 0 Å². The molecule has 1 nitrogen and oxygen atoms in total. The van der Waals surface area contributed by atoms with Gasteiger partial charge in [0.1, 0.15) is 0 Å². The predicted octanol–water partition coefficient (Wildman–Crippen LogP) is 3.96. The third-order valence-corrected chi connectivity index (χ3v) is 3.85. The summed E-state index contributed by atoms with van der Waals surface area (Å²) in [7, 11) is 0. The minimum absolute atomic E-state index is 0.648. The summed E-state index contributed by atoms with van der Waals surface area (Å²) in [6.45, 7) is 3.21. The van der Waals surface area contributed by atoms with Crippen LogP contribution < -0.4 is 5.32 Å². The summed E-state index contributed by atoms with van der Waals surface area (Å²) >= 11 is 9.64. The zero-order valence-corrected chi connectivity index (χ0v) is 11.1. The number of halogens is 2. The van der Waals surface area contributed by atoms with E-state index in [9.17, 15) is 0 Å². The van der Waals surface area contributed by atoms with Crippen molar-refractivity contribution in [2.45, 2.75) is 31.7 Å². The highest BCUT2D eigenvalue weighted by Crippen LogP contribution is 2.40. The van der Waals surface area contributed by atoms with Crippen molar-refractivity contribution in [3.63, 3.8) is 0 Å². The molecule has 0 bridgehead atoms. The maximum Gasteiger partial charge on any atom is 0.0452 e. The van der Waals surface area contributed by atoms with Gasteiger partial charge in [0.05, 0.1) is 0 Å². The molecule has 0 heterocycles. The number of hydrogen-bond acceptors (Lipinski definition) is 1. The molecule has 1 aliphatic carbocycles. The average molecular weight is 289 g/mol. The van der Waals surface area contributed by atoms with Crippen LogP contribution in [0.2, 0.25) is 5.02 Å². The Morgan fingerprint density at radius 2 is 2.20 bits per heavy atom. The van der Waals surface area contributed by atoms with E-state index in [1.165, 1.54) is 18.4 Å². The molecule has 1 aliphatic rings. The van der Waals surface area contributed by atoms with Crippen LogP contribution >= 0.6 is 27.5 Å². The second-order valence-corrected chi connectivity index (χ2v) is 5.41. The van der Waals surface area contributed by atoms with Gasteiger partial charge in [-0.15, -0.1) is 0 Å². The van der Waals surface area contributed by atoms with Crippen molar-refractivity contribution in [2.24, 2.45) is 0 Å².